The molecule has 1 aliphatic heterocycles. The van der Waals surface area contributed by atoms with Gasteiger partial charge in [0.1, 0.15) is 5.75 Å². The molecule has 2 heterocycles. The zero-order chi connectivity index (χ0) is 14.8. The van der Waals surface area contributed by atoms with Crippen LogP contribution in [-0.2, 0) is 0 Å². The summed E-state index contributed by atoms with van der Waals surface area (Å²) in [6.45, 7) is 2.43. The molecule has 1 aromatic carbocycles. The van der Waals surface area contributed by atoms with E-state index in [-0.39, 0.29) is 11.9 Å². The van der Waals surface area contributed by atoms with Crippen molar-refractivity contribution in [1.29, 1.82) is 0 Å². The van der Waals surface area contributed by atoms with Crippen molar-refractivity contribution in [2.45, 2.75) is 19.4 Å². The van der Waals surface area contributed by atoms with Crippen LogP contribution >= 0.6 is 0 Å². The van der Waals surface area contributed by atoms with Gasteiger partial charge in [-0.3, -0.25) is 9.78 Å². The Labute approximate surface area is 123 Å². The van der Waals surface area contributed by atoms with Crippen molar-refractivity contribution >= 4 is 11.6 Å². The Morgan fingerprint density at radius 1 is 1.43 bits per heavy atom. The number of nitrogens with zero attached hydrogens (tertiary/aromatic N) is 1. The lowest BCUT2D eigenvalue weighted by Gasteiger charge is -2.26. The number of para-hydroxylation sites is 1. The monoisotopic (exact) mass is 283 g/mol. The molecule has 3 rings (SSSR count). The number of carbonyl (C=O) groups excluding carboxylic acids is 1. The van der Waals surface area contributed by atoms with Gasteiger partial charge in [-0.25, -0.2) is 0 Å². The third-order valence-corrected chi connectivity index (χ3v) is 3.58. The van der Waals surface area contributed by atoms with Gasteiger partial charge in [0.15, 0.2) is 0 Å². The first-order valence-corrected chi connectivity index (χ1v) is 6.90. The smallest absolute Gasteiger partial charge is 0.255 e. The molecule has 1 unspecified atom stereocenters. The predicted octanol–water partition coefficient (Wildman–Crippen LogP) is 2.23. The number of ether oxygens (including phenoxy) is 1. The number of benzene rings is 1. The Bertz CT molecular complexity index is 685. The Hall–Kier alpha value is -2.56. The molecule has 21 heavy (non-hydrogen) atoms. The molecule has 0 fully saturated rings. The van der Waals surface area contributed by atoms with Gasteiger partial charge in [0.05, 0.1) is 18.2 Å². The average molecular weight is 283 g/mol. The third kappa shape index (κ3) is 2.67. The number of nitrogens with two attached hydrogens (primary N) is 1. The molecule has 0 spiro atoms. The highest BCUT2D eigenvalue weighted by molar-refractivity contribution is 5.99. The normalized spacial score (nSPS) is 16.7. The molecule has 0 aliphatic carbocycles. The fourth-order valence-corrected chi connectivity index (χ4v) is 2.50. The summed E-state index contributed by atoms with van der Waals surface area (Å²) in [6.07, 6.45) is 2.26. The van der Waals surface area contributed by atoms with Crippen molar-refractivity contribution in [2.24, 2.45) is 0 Å². The second-order valence-corrected chi connectivity index (χ2v) is 5.11. The number of nitrogens with one attached hydrogen (secondary N) is 1. The van der Waals surface area contributed by atoms with E-state index in [0.717, 1.165) is 23.4 Å². The maximum atomic E-state index is 12.4. The molecular weight excluding hydrogens is 266 g/mol. The van der Waals surface area contributed by atoms with E-state index in [9.17, 15) is 4.79 Å². The second kappa shape index (κ2) is 5.44. The van der Waals surface area contributed by atoms with Crippen LogP contribution in [0.1, 0.15) is 34.1 Å². The maximum Gasteiger partial charge on any atom is 0.255 e. The Morgan fingerprint density at radius 2 is 2.24 bits per heavy atom. The van der Waals surface area contributed by atoms with E-state index in [2.05, 4.69) is 10.3 Å². The van der Waals surface area contributed by atoms with Crippen LogP contribution < -0.4 is 15.8 Å². The van der Waals surface area contributed by atoms with Gasteiger partial charge in [-0.2, -0.15) is 0 Å². The number of hydrogen-bond acceptors (Lipinski definition) is 4. The van der Waals surface area contributed by atoms with Gasteiger partial charge < -0.3 is 15.8 Å². The summed E-state index contributed by atoms with van der Waals surface area (Å²) in [5.41, 5.74) is 8.54. The molecule has 1 aromatic heterocycles. The number of nitrogen functional groups attached to an aromatic ring is 1. The van der Waals surface area contributed by atoms with Gasteiger partial charge in [-0.15, -0.1) is 0 Å². The molecule has 5 heteroatoms. The van der Waals surface area contributed by atoms with Gasteiger partial charge in [0, 0.05) is 29.6 Å². The van der Waals surface area contributed by atoms with Gasteiger partial charge in [-0.1, -0.05) is 18.2 Å². The molecule has 0 radical (unpaired) electrons. The molecule has 3 N–H and O–H groups in total. The summed E-state index contributed by atoms with van der Waals surface area (Å²) >= 11 is 0. The number of aromatic nitrogens is 1. The van der Waals surface area contributed by atoms with Crippen LogP contribution in [0.5, 0.6) is 5.75 Å². The van der Waals surface area contributed by atoms with Crippen molar-refractivity contribution in [1.82, 2.24) is 10.3 Å². The van der Waals surface area contributed by atoms with Crippen LogP contribution in [0.15, 0.2) is 36.5 Å². The number of aryl methyl sites for hydroxylation is 1. The molecule has 0 saturated heterocycles. The lowest BCUT2D eigenvalue weighted by molar-refractivity contribution is 0.0925. The van der Waals surface area contributed by atoms with Gasteiger partial charge in [0.25, 0.3) is 5.91 Å². The fraction of sp³-hybridized carbons (Fsp3) is 0.250. The highest BCUT2D eigenvalue weighted by atomic mass is 16.5. The van der Waals surface area contributed by atoms with Crippen LogP contribution in [0.4, 0.5) is 5.69 Å². The molecule has 1 amide bonds. The Morgan fingerprint density at radius 3 is 3.05 bits per heavy atom. The van der Waals surface area contributed by atoms with E-state index in [1.54, 1.807) is 6.07 Å². The van der Waals surface area contributed by atoms with E-state index in [4.69, 9.17) is 10.5 Å². The SMILES string of the molecule is Cc1cc(N)c(C(=O)NC2CCOc3ccccc32)cn1. The van der Waals surface area contributed by atoms with E-state index < -0.39 is 0 Å². The Kier molecular flexibility index (Phi) is 3.48. The molecule has 0 bridgehead atoms. The number of hydrogen-bond donors (Lipinski definition) is 2. The molecule has 1 atom stereocenters. The summed E-state index contributed by atoms with van der Waals surface area (Å²) in [5.74, 6) is 0.616. The van der Waals surface area contributed by atoms with Crippen molar-refractivity contribution < 1.29 is 9.53 Å². The lowest BCUT2D eigenvalue weighted by atomic mass is 10.00. The Balaban J connectivity index is 1.83. The summed E-state index contributed by atoms with van der Waals surface area (Å²) in [6, 6.07) is 9.38. The largest absolute Gasteiger partial charge is 0.493 e. The minimum atomic E-state index is -0.207. The van der Waals surface area contributed by atoms with Crippen LogP contribution in [0.2, 0.25) is 0 Å². The van der Waals surface area contributed by atoms with Gasteiger partial charge >= 0.3 is 0 Å². The van der Waals surface area contributed by atoms with Crippen molar-refractivity contribution in [3.8, 4) is 5.75 Å². The number of pyridine rings is 1. The van der Waals surface area contributed by atoms with Crippen molar-refractivity contribution in [3.63, 3.8) is 0 Å². The van der Waals surface area contributed by atoms with E-state index in [1.807, 2.05) is 31.2 Å². The lowest BCUT2D eigenvalue weighted by Crippen LogP contribution is -2.32. The van der Waals surface area contributed by atoms with Crippen molar-refractivity contribution in [3.05, 3.63) is 53.3 Å². The van der Waals surface area contributed by atoms with E-state index in [1.165, 1.54) is 6.20 Å². The number of rotatable bonds is 2. The second-order valence-electron chi connectivity index (χ2n) is 5.11. The summed E-state index contributed by atoms with van der Waals surface area (Å²) < 4.78 is 5.59. The van der Waals surface area contributed by atoms with Crippen LogP contribution in [-0.4, -0.2) is 17.5 Å². The summed E-state index contributed by atoms with van der Waals surface area (Å²) in [5, 5.41) is 3.01. The first-order valence-electron chi connectivity index (χ1n) is 6.90. The fourth-order valence-electron chi connectivity index (χ4n) is 2.50. The molecule has 2 aromatic rings. The first kappa shape index (κ1) is 13.4. The van der Waals surface area contributed by atoms with Gasteiger partial charge in [-0.05, 0) is 19.1 Å². The zero-order valence-corrected chi connectivity index (χ0v) is 11.8. The standard InChI is InChI=1S/C16H17N3O2/c1-10-8-13(17)12(9-18-10)16(20)19-14-6-7-21-15-5-3-2-4-11(14)15/h2-5,8-9,14H,6-7H2,1H3,(H2,17,18)(H,19,20). The zero-order valence-electron chi connectivity index (χ0n) is 11.8. The maximum absolute atomic E-state index is 12.4. The highest BCUT2D eigenvalue weighted by Crippen LogP contribution is 2.31. The average Bonchev–Trinajstić information content (AvgIpc) is 2.47. The van der Waals surface area contributed by atoms with E-state index in [0.29, 0.717) is 17.9 Å². The van der Waals surface area contributed by atoms with Crippen LogP contribution in [0, 0.1) is 6.92 Å². The summed E-state index contributed by atoms with van der Waals surface area (Å²) in [7, 11) is 0. The molecular formula is C16H17N3O2. The minimum Gasteiger partial charge on any atom is -0.493 e. The third-order valence-electron chi connectivity index (χ3n) is 3.58. The predicted molar refractivity (Wildman–Crippen MR) is 80.1 cm³/mol. The molecule has 5 nitrogen and oxygen atoms in total. The summed E-state index contributed by atoms with van der Waals surface area (Å²) in [4.78, 5) is 16.5. The number of amides is 1. The van der Waals surface area contributed by atoms with E-state index >= 15 is 0 Å². The number of fused-ring (bicyclic) bond motifs is 1. The number of carbonyl (C=O) groups is 1. The molecule has 0 saturated carbocycles. The molecule has 108 valence electrons. The minimum absolute atomic E-state index is 0.0665. The topological polar surface area (TPSA) is 77.2 Å². The highest BCUT2D eigenvalue weighted by Gasteiger charge is 2.23. The van der Waals surface area contributed by atoms with Crippen LogP contribution in [0.3, 0.4) is 0 Å². The molecule has 1 aliphatic rings. The number of anilines is 1. The quantitative estimate of drug-likeness (QED) is 0.886. The van der Waals surface area contributed by atoms with Crippen LogP contribution in [0.25, 0.3) is 0 Å². The van der Waals surface area contributed by atoms with Crippen molar-refractivity contribution in [2.75, 3.05) is 12.3 Å². The van der Waals surface area contributed by atoms with Gasteiger partial charge in [0.2, 0.25) is 0 Å². The first-order chi connectivity index (χ1) is 10.1.